The molecule has 0 unspecified atom stereocenters. The van der Waals surface area contributed by atoms with Gasteiger partial charge in [0.1, 0.15) is 16.8 Å². The number of rotatable bonds is 5. The summed E-state index contributed by atoms with van der Waals surface area (Å²) in [5.41, 5.74) is 3.52. The van der Waals surface area contributed by atoms with E-state index in [9.17, 15) is 9.50 Å². The number of aromatic hydroxyl groups is 1. The smallest absolute Gasteiger partial charge is 0.195 e. The molecule has 0 bridgehead atoms. The van der Waals surface area contributed by atoms with E-state index in [0.717, 1.165) is 31.8 Å². The predicted octanol–water partition coefficient (Wildman–Crippen LogP) is 5.80. The Labute approximate surface area is 170 Å². The Morgan fingerprint density at radius 1 is 1.14 bits per heavy atom. The number of methoxy groups -OCH3 is 1. The number of benzene rings is 2. The second kappa shape index (κ2) is 7.92. The van der Waals surface area contributed by atoms with Crippen LogP contribution < -0.4 is 4.74 Å². The Balaban J connectivity index is 1.64. The van der Waals surface area contributed by atoms with E-state index in [1.165, 1.54) is 36.9 Å². The molecular weight excluding hydrogens is 391 g/mol. The highest BCUT2D eigenvalue weighted by atomic mass is 32.1. The second-order valence-electron chi connectivity index (χ2n) is 6.34. The molecule has 2 heterocycles. The van der Waals surface area contributed by atoms with E-state index in [4.69, 9.17) is 4.74 Å². The molecule has 0 saturated carbocycles. The molecule has 0 radical (unpaired) electrons. The highest BCUT2D eigenvalue weighted by Crippen LogP contribution is 2.40. The van der Waals surface area contributed by atoms with Gasteiger partial charge in [0.2, 0.25) is 0 Å². The van der Waals surface area contributed by atoms with Gasteiger partial charge in [-0.15, -0.1) is 16.5 Å². The average molecular weight is 408 g/mol. The van der Waals surface area contributed by atoms with Crippen molar-refractivity contribution in [1.29, 1.82) is 0 Å². The Bertz CT molecular complexity index is 1210. The lowest BCUT2D eigenvalue weighted by Gasteiger charge is -2.03. The number of phenolic OH excluding ortho intramolecular Hbond substituents is 1. The summed E-state index contributed by atoms with van der Waals surface area (Å²) in [6.07, 6.45) is 1.46. The van der Waals surface area contributed by atoms with Crippen molar-refractivity contribution in [2.45, 2.75) is 13.5 Å². The maximum atomic E-state index is 13.2. The van der Waals surface area contributed by atoms with Gasteiger partial charge in [0, 0.05) is 4.88 Å². The number of ether oxygens (including phenoxy) is 1. The Morgan fingerprint density at radius 3 is 2.66 bits per heavy atom. The van der Waals surface area contributed by atoms with Crippen LogP contribution in [0.3, 0.4) is 0 Å². The molecule has 0 amide bonds. The van der Waals surface area contributed by atoms with E-state index >= 15 is 0 Å². The van der Waals surface area contributed by atoms with E-state index in [1.54, 1.807) is 24.3 Å². The van der Waals surface area contributed by atoms with Crippen LogP contribution >= 0.6 is 11.3 Å². The molecule has 0 aliphatic heterocycles. The van der Waals surface area contributed by atoms with Crippen LogP contribution in [-0.4, -0.2) is 22.2 Å². The summed E-state index contributed by atoms with van der Waals surface area (Å²) in [5, 5.41) is 18.4. The van der Waals surface area contributed by atoms with Gasteiger partial charge in [-0.25, -0.2) is 14.4 Å². The number of fused-ring (bicyclic) bond motifs is 1. The first-order valence-corrected chi connectivity index (χ1v) is 9.62. The van der Waals surface area contributed by atoms with Gasteiger partial charge in [0.25, 0.3) is 0 Å². The first-order chi connectivity index (χ1) is 14.1. The third kappa shape index (κ3) is 3.79. The number of nitrogens with zero attached hydrogens (tertiary/aromatic N) is 4. The molecule has 4 rings (SSSR count). The van der Waals surface area contributed by atoms with Crippen molar-refractivity contribution in [2.24, 2.45) is 10.2 Å². The van der Waals surface area contributed by atoms with Gasteiger partial charge in [-0.1, -0.05) is 18.2 Å². The summed E-state index contributed by atoms with van der Waals surface area (Å²) < 4.78 is 19.1. The van der Waals surface area contributed by atoms with Gasteiger partial charge in [-0.3, -0.25) is 0 Å². The van der Waals surface area contributed by atoms with E-state index in [2.05, 4.69) is 20.2 Å². The third-order valence-corrected chi connectivity index (χ3v) is 5.78. The number of aromatic nitrogens is 2. The quantitative estimate of drug-likeness (QED) is 0.423. The van der Waals surface area contributed by atoms with Gasteiger partial charge in [0.15, 0.2) is 17.3 Å². The van der Waals surface area contributed by atoms with Crippen molar-refractivity contribution in [3.63, 3.8) is 0 Å². The third-order valence-electron chi connectivity index (χ3n) is 4.45. The maximum absolute atomic E-state index is 13.2. The fraction of sp³-hybridized carbons (Fsp3) is 0.143. The van der Waals surface area contributed by atoms with Crippen molar-refractivity contribution in [3.05, 3.63) is 65.7 Å². The number of halogens is 1. The van der Waals surface area contributed by atoms with Crippen LogP contribution in [0.25, 0.3) is 20.7 Å². The van der Waals surface area contributed by atoms with Crippen LogP contribution in [0, 0.1) is 12.7 Å². The molecule has 29 heavy (non-hydrogen) atoms. The molecule has 0 aliphatic rings. The molecule has 0 saturated heterocycles. The van der Waals surface area contributed by atoms with Crippen LogP contribution in [0.15, 0.2) is 59.0 Å². The molecule has 0 fully saturated rings. The molecule has 1 N–H and O–H groups in total. The van der Waals surface area contributed by atoms with Crippen molar-refractivity contribution in [1.82, 2.24) is 9.97 Å². The lowest BCUT2D eigenvalue weighted by Crippen LogP contribution is -1.86. The zero-order chi connectivity index (χ0) is 20.4. The van der Waals surface area contributed by atoms with E-state index in [0.29, 0.717) is 11.6 Å². The minimum absolute atomic E-state index is 0.0578. The van der Waals surface area contributed by atoms with Crippen molar-refractivity contribution < 1.29 is 14.2 Å². The van der Waals surface area contributed by atoms with E-state index in [1.807, 2.05) is 13.0 Å². The van der Waals surface area contributed by atoms with Crippen molar-refractivity contribution >= 4 is 27.4 Å². The van der Waals surface area contributed by atoms with E-state index in [-0.39, 0.29) is 18.1 Å². The monoisotopic (exact) mass is 408 g/mol. The Kier molecular flexibility index (Phi) is 5.18. The predicted molar refractivity (Wildman–Crippen MR) is 110 cm³/mol. The SMILES string of the molecule is COc1ccc(CN=Nc2ncnc3c(C)c(-c4ccc(F)cc4)sc23)cc1O. The molecule has 8 heteroatoms. The summed E-state index contributed by atoms with van der Waals surface area (Å²) >= 11 is 1.51. The molecular formula is C21H17FN4O2S. The summed E-state index contributed by atoms with van der Waals surface area (Å²) in [6.45, 7) is 2.27. The second-order valence-corrected chi connectivity index (χ2v) is 7.36. The molecule has 146 valence electrons. The standard InChI is InChI=1S/C21H17FN4O2S/c1-12-18-20(29-19(12)14-4-6-15(22)7-5-14)21(24-11-23-18)26-25-10-13-3-8-17(28-2)16(27)9-13/h3-9,11,27H,10H2,1-2H3. The fourth-order valence-electron chi connectivity index (χ4n) is 2.98. The average Bonchev–Trinajstić information content (AvgIpc) is 3.06. The molecule has 0 aliphatic carbocycles. The maximum Gasteiger partial charge on any atom is 0.195 e. The summed E-state index contributed by atoms with van der Waals surface area (Å²) in [6, 6.07) is 11.5. The Hall–Kier alpha value is -3.39. The molecule has 4 aromatic rings. The van der Waals surface area contributed by atoms with Crippen LogP contribution in [-0.2, 0) is 6.54 Å². The highest BCUT2D eigenvalue weighted by Gasteiger charge is 2.15. The van der Waals surface area contributed by atoms with Gasteiger partial charge in [-0.05, 0) is 47.9 Å². The lowest BCUT2D eigenvalue weighted by molar-refractivity contribution is 0.373. The number of aryl methyl sites for hydroxylation is 1. The number of hydrogen-bond acceptors (Lipinski definition) is 7. The van der Waals surface area contributed by atoms with Gasteiger partial charge in [0.05, 0.1) is 19.2 Å². The zero-order valence-electron chi connectivity index (χ0n) is 15.8. The zero-order valence-corrected chi connectivity index (χ0v) is 16.6. The topological polar surface area (TPSA) is 80.0 Å². The minimum Gasteiger partial charge on any atom is -0.504 e. The summed E-state index contributed by atoms with van der Waals surface area (Å²) in [4.78, 5) is 9.63. The fourth-order valence-corrected chi connectivity index (χ4v) is 4.17. The highest BCUT2D eigenvalue weighted by molar-refractivity contribution is 7.23. The largest absolute Gasteiger partial charge is 0.504 e. The summed E-state index contributed by atoms with van der Waals surface area (Å²) in [7, 11) is 1.50. The lowest BCUT2D eigenvalue weighted by atomic mass is 10.1. The summed E-state index contributed by atoms with van der Waals surface area (Å²) in [5.74, 6) is 0.675. The van der Waals surface area contributed by atoms with Crippen LogP contribution in [0.1, 0.15) is 11.1 Å². The van der Waals surface area contributed by atoms with Gasteiger partial charge in [-0.2, -0.15) is 5.11 Å². The van der Waals surface area contributed by atoms with Crippen molar-refractivity contribution in [3.8, 4) is 21.9 Å². The molecule has 2 aromatic heterocycles. The van der Waals surface area contributed by atoms with Crippen LogP contribution in [0.2, 0.25) is 0 Å². The number of azo groups is 1. The number of thiophene rings is 1. The van der Waals surface area contributed by atoms with Crippen LogP contribution in [0.5, 0.6) is 11.5 Å². The number of hydrogen-bond donors (Lipinski definition) is 1. The molecule has 6 nitrogen and oxygen atoms in total. The minimum atomic E-state index is -0.272. The normalized spacial score (nSPS) is 11.4. The van der Waals surface area contributed by atoms with Crippen LogP contribution in [0.4, 0.5) is 10.2 Å². The number of phenols is 1. The van der Waals surface area contributed by atoms with Gasteiger partial charge < -0.3 is 9.84 Å². The first-order valence-electron chi connectivity index (χ1n) is 8.80. The molecule has 2 aromatic carbocycles. The Morgan fingerprint density at radius 2 is 1.93 bits per heavy atom. The molecule has 0 atom stereocenters. The van der Waals surface area contributed by atoms with E-state index < -0.39 is 0 Å². The van der Waals surface area contributed by atoms with Crippen molar-refractivity contribution in [2.75, 3.05) is 7.11 Å². The first kappa shape index (κ1) is 18.9. The van der Waals surface area contributed by atoms with Gasteiger partial charge >= 0.3 is 0 Å². The molecule has 0 spiro atoms.